The maximum Gasteiger partial charge on any atom is 0.191 e. The van der Waals surface area contributed by atoms with Crippen molar-refractivity contribution >= 4 is 23.4 Å². The summed E-state index contributed by atoms with van der Waals surface area (Å²) >= 11 is 1.49. The van der Waals surface area contributed by atoms with Crippen LogP contribution in [0.4, 0.5) is 11.6 Å². The van der Waals surface area contributed by atoms with Gasteiger partial charge < -0.3 is 15.5 Å². The summed E-state index contributed by atoms with van der Waals surface area (Å²) in [7, 11) is 0. The molecule has 0 spiro atoms. The van der Waals surface area contributed by atoms with Crippen LogP contribution in [0.2, 0.25) is 0 Å². The van der Waals surface area contributed by atoms with Gasteiger partial charge in [0.1, 0.15) is 11.6 Å². The quantitative estimate of drug-likeness (QED) is 0.312. The lowest BCUT2D eigenvalue weighted by atomic mass is 10.1. The summed E-state index contributed by atoms with van der Waals surface area (Å²) in [6.45, 7) is 2.56. The first kappa shape index (κ1) is 12.4. The van der Waals surface area contributed by atoms with E-state index in [9.17, 15) is 0 Å². The van der Waals surface area contributed by atoms with Crippen LogP contribution in [0, 0.1) is 5.92 Å². The van der Waals surface area contributed by atoms with Crippen molar-refractivity contribution in [2.75, 3.05) is 36.8 Å². The molecular formula is C10H17N5OS. The Morgan fingerprint density at radius 3 is 3.00 bits per heavy atom. The number of hydrogen-bond acceptors (Lipinski definition) is 7. The van der Waals surface area contributed by atoms with Crippen molar-refractivity contribution in [3.63, 3.8) is 0 Å². The highest BCUT2D eigenvalue weighted by atomic mass is 32.2. The van der Waals surface area contributed by atoms with Gasteiger partial charge in [-0.3, -0.25) is 0 Å². The van der Waals surface area contributed by atoms with Crippen LogP contribution >= 0.6 is 11.8 Å². The number of nitrogen functional groups attached to an aromatic ring is 1. The maximum atomic E-state index is 5.36. The summed E-state index contributed by atoms with van der Waals surface area (Å²) in [4.78, 5) is 8.57. The molecule has 2 rings (SSSR count). The third kappa shape index (κ3) is 3.45. The Balaban J connectivity index is 1.98. The predicted octanol–water partition coefficient (Wildman–Crippen LogP) is 0.932. The first-order chi connectivity index (χ1) is 8.31. The number of nitrogens with zero attached hydrogens (tertiary/aromatic N) is 2. The van der Waals surface area contributed by atoms with Crippen molar-refractivity contribution in [3.05, 3.63) is 6.07 Å². The van der Waals surface area contributed by atoms with Crippen LogP contribution in [0.15, 0.2) is 11.2 Å². The van der Waals surface area contributed by atoms with E-state index in [-0.39, 0.29) is 0 Å². The molecule has 0 amide bonds. The topological polar surface area (TPSA) is 85.1 Å². The van der Waals surface area contributed by atoms with Crippen LogP contribution in [0.25, 0.3) is 0 Å². The van der Waals surface area contributed by atoms with Crippen molar-refractivity contribution in [3.8, 4) is 0 Å². The van der Waals surface area contributed by atoms with Gasteiger partial charge in [0, 0.05) is 25.1 Å². The van der Waals surface area contributed by atoms with E-state index in [1.54, 1.807) is 6.07 Å². The molecule has 0 radical (unpaired) electrons. The minimum absolute atomic E-state index is 0.567. The minimum Gasteiger partial charge on any atom is -0.381 e. The molecule has 94 valence electrons. The van der Waals surface area contributed by atoms with Gasteiger partial charge in [-0.15, -0.1) is 0 Å². The van der Waals surface area contributed by atoms with E-state index in [0.29, 0.717) is 16.9 Å². The zero-order chi connectivity index (χ0) is 12.1. The Labute approximate surface area is 105 Å². The number of nitrogens with one attached hydrogen (secondary N) is 2. The standard InChI is InChI=1S/C10H17N5OS/c1-17-10-13-8(4-9(14-10)15-11)12-5-7-2-3-16-6-7/h4,7H,2-3,5-6,11H2,1H3,(H2,12,13,14,15). The molecule has 0 aromatic carbocycles. The summed E-state index contributed by atoms with van der Waals surface area (Å²) in [6.07, 6.45) is 3.04. The smallest absolute Gasteiger partial charge is 0.191 e. The van der Waals surface area contributed by atoms with Gasteiger partial charge in [-0.1, -0.05) is 11.8 Å². The number of nitrogens with two attached hydrogens (primary N) is 1. The lowest BCUT2D eigenvalue weighted by Gasteiger charge is -2.11. The summed E-state index contributed by atoms with van der Waals surface area (Å²) in [5.41, 5.74) is 2.54. The fourth-order valence-electron chi connectivity index (χ4n) is 1.67. The zero-order valence-corrected chi connectivity index (χ0v) is 10.6. The van der Waals surface area contributed by atoms with Crippen molar-refractivity contribution in [2.45, 2.75) is 11.6 Å². The molecule has 1 atom stereocenters. The minimum atomic E-state index is 0.567. The number of thioether (sulfide) groups is 1. The number of ether oxygens (including phenoxy) is 1. The first-order valence-corrected chi connectivity index (χ1v) is 6.75. The lowest BCUT2D eigenvalue weighted by molar-refractivity contribution is 0.187. The highest BCUT2D eigenvalue weighted by molar-refractivity contribution is 7.98. The summed E-state index contributed by atoms with van der Waals surface area (Å²) in [5, 5.41) is 4.00. The van der Waals surface area contributed by atoms with E-state index in [4.69, 9.17) is 10.6 Å². The third-order valence-corrected chi connectivity index (χ3v) is 3.18. The second-order valence-electron chi connectivity index (χ2n) is 3.88. The number of hydrazine groups is 1. The third-order valence-electron chi connectivity index (χ3n) is 2.63. The number of rotatable bonds is 5. The largest absolute Gasteiger partial charge is 0.381 e. The molecule has 1 saturated heterocycles. The molecule has 1 aliphatic rings. The molecule has 17 heavy (non-hydrogen) atoms. The average Bonchev–Trinajstić information content (AvgIpc) is 2.89. The summed E-state index contributed by atoms with van der Waals surface area (Å²) in [5.74, 6) is 7.35. The Morgan fingerprint density at radius 1 is 1.53 bits per heavy atom. The van der Waals surface area contributed by atoms with Crippen LogP contribution < -0.4 is 16.6 Å². The molecule has 6 nitrogen and oxygen atoms in total. The molecule has 0 aliphatic carbocycles. The van der Waals surface area contributed by atoms with Gasteiger partial charge in [-0.05, 0) is 12.7 Å². The van der Waals surface area contributed by atoms with Gasteiger partial charge in [-0.25, -0.2) is 15.8 Å². The molecule has 1 aromatic heterocycles. The molecule has 2 heterocycles. The number of aromatic nitrogens is 2. The summed E-state index contributed by atoms with van der Waals surface area (Å²) < 4.78 is 5.33. The van der Waals surface area contributed by atoms with Crippen molar-refractivity contribution in [2.24, 2.45) is 11.8 Å². The van der Waals surface area contributed by atoms with E-state index in [2.05, 4.69) is 20.7 Å². The molecule has 7 heteroatoms. The molecule has 0 saturated carbocycles. The van der Waals surface area contributed by atoms with Crippen molar-refractivity contribution < 1.29 is 4.74 Å². The van der Waals surface area contributed by atoms with Gasteiger partial charge >= 0.3 is 0 Å². The second-order valence-corrected chi connectivity index (χ2v) is 4.65. The van der Waals surface area contributed by atoms with Crippen LogP contribution in [0.3, 0.4) is 0 Å². The van der Waals surface area contributed by atoms with Gasteiger partial charge in [0.25, 0.3) is 0 Å². The Hall–Kier alpha value is -1.05. The molecule has 4 N–H and O–H groups in total. The van der Waals surface area contributed by atoms with E-state index in [0.717, 1.165) is 32.0 Å². The van der Waals surface area contributed by atoms with Gasteiger partial charge in [-0.2, -0.15) is 0 Å². The highest BCUT2D eigenvalue weighted by Gasteiger charge is 2.15. The van der Waals surface area contributed by atoms with E-state index in [1.165, 1.54) is 11.8 Å². The fraction of sp³-hybridized carbons (Fsp3) is 0.600. The first-order valence-electron chi connectivity index (χ1n) is 5.53. The van der Waals surface area contributed by atoms with E-state index in [1.807, 2.05) is 6.26 Å². The molecule has 1 aromatic rings. The molecule has 1 unspecified atom stereocenters. The Kier molecular flexibility index (Phi) is 4.41. The van der Waals surface area contributed by atoms with Gasteiger partial charge in [0.15, 0.2) is 5.16 Å². The molecule has 1 fully saturated rings. The van der Waals surface area contributed by atoms with Crippen molar-refractivity contribution in [1.29, 1.82) is 0 Å². The highest BCUT2D eigenvalue weighted by Crippen LogP contribution is 2.18. The van der Waals surface area contributed by atoms with Gasteiger partial charge in [0.2, 0.25) is 0 Å². The lowest BCUT2D eigenvalue weighted by Crippen LogP contribution is -2.16. The zero-order valence-electron chi connectivity index (χ0n) is 9.77. The number of hydrogen-bond donors (Lipinski definition) is 3. The van der Waals surface area contributed by atoms with Crippen LogP contribution in [0.1, 0.15) is 6.42 Å². The van der Waals surface area contributed by atoms with Crippen LogP contribution in [-0.4, -0.2) is 36.0 Å². The fourth-order valence-corrected chi connectivity index (χ4v) is 2.05. The second kappa shape index (κ2) is 6.04. The predicted molar refractivity (Wildman–Crippen MR) is 69.0 cm³/mol. The average molecular weight is 255 g/mol. The molecular weight excluding hydrogens is 238 g/mol. The Bertz CT molecular complexity index is 347. The maximum absolute atomic E-state index is 5.36. The monoisotopic (exact) mass is 255 g/mol. The number of anilines is 2. The summed E-state index contributed by atoms with van der Waals surface area (Å²) in [6, 6.07) is 1.80. The SMILES string of the molecule is CSc1nc(NN)cc(NCC2CCOC2)n1. The van der Waals surface area contributed by atoms with E-state index >= 15 is 0 Å². The molecule has 1 aliphatic heterocycles. The normalized spacial score (nSPS) is 19.3. The molecule has 0 bridgehead atoms. The van der Waals surface area contributed by atoms with Gasteiger partial charge in [0.05, 0.1) is 6.61 Å². The van der Waals surface area contributed by atoms with Crippen LogP contribution in [-0.2, 0) is 4.74 Å². The van der Waals surface area contributed by atoms with Crippen LogP contribution in [0.5, 0.6) is 0 Å². The van der Waals surface area contributed by atoms with E-state index < -0.39 is 0 Å². The van der Waals surface area contributed by atoms with Crippen molar-refractivity contribution in [1.82, 2.24) is 9.97 Å². The Morgan fingerprint density at radius 2 is 2.35 bits per heavy atom.